The van der Waals surface area contributed by atoms with Crippen LogP contribution in [0.3, 0.4) is 0 Å². The van der Waals surface area contributed by atoms with Crippen LogP contribution in [0.1, 0.15) is 56.3 Å². The molecule has 8 heteroatoms. The molecule has 2 rings (SSSR count). The normalized spacial score (nSPS) is 20.9. The van der Waals surface area contributed by atoms with Crippen LogP contribution in [-0.2, 0) is 9.59 Å². The second-order valence-corrected chi connectivity index (χ2v) is 8.38. The number of rotatable bonds is 8. The minimum absolute atomic E-state index is 0.0702. The van der Waals surface area contributed by atoms with Crippen LogP contribution < -0.4 is 16.9 Å². The summed E-state index contributed by atoms with van der Waals surface area (Å²) in [5.74, 6) is 3.63. The first-order chi connectivity index (χ1) is 13.7. The van der Waals surface area contributed by atoms with Gasteiger partial charge in [-0.05, 0) is 49.4 Å². The molecule has 5 N–H and O–H groups in total. The lowest BCUT2D eigenvalue weighted by Gasteiger charge is -2.30. The minimum Gasteiger partial charge on any atom is -0.369 e. The van der Waals surface area contributed by atoms with Gasteiger partial charge >= 0.3 is 0 Å². The van der Waals surface area contributed by atoms with Gasteiger partial charge in [0.25, 0.3) is 0 Å². The molecule has 29 heavy (non-hydrogen) atoms. The predicted octanol–water partition coefficient (Wildman–Crippen LogP) is 2.66. The van der Waals surface area contributed by atoms with E-state index in [9.17, 15) is 14.4 Å². The summed E-state index contributed by atoms with van der Waals surface area (Å²) in [7, 11) is 0. The van der Waals surface area contributed by atoms with Gasteiger partial charge < -0.3 is 16.9 Å². The van der Waals surface area contributed by atoms with Gasteiger partial charge in [-0.15, -0.1) is 0 Å². The van der Waals surface area contributed by atoms with E-state index in [-0.39, 0.29) is 23.3 Å². The number of nitrogens with zero attached hydrogens (tertiary/aromatic N) is 1. The van der Waals surface area contributed by atoms with Gasteiger partial charge in [-0.1, -0.05) is 38.3 Å². The maximum atomic E-state index is 13.0. The molecule has 7 nitrogen and oxygen atoms in total. The maximum Gasteiger partial charge on any atom is 0.224 e. The number of carbonyl (C=O) groups is 3. The largest absolute Gasteiger partial charge is 0.369 e. The summed E-state index contributed by atoms with van der Waals surface area (Å²) in [4.78, 5) is 37.7. The minimum atomic E-state index is -0.661. The number of ketones is 1. The van der Waals surface area contributed by atoms with Crippen molar-refractivity contribution in [1.29, 1.82) is 0 Å². The summed E-state index contributed by atoms with van der Waals surface area (Å²) < 4.78 is 0. The van der Waals surface area contributed by atoms with Crippen LogP contribution in [-0.4, -0.2) is 29.4 Å². The number of nitrogens with two attached hydrogens (primary N) is 2. The fourth-order valence-electron chi connectivity index (χ4n) is 3.83. The zero-order chi connectivity index (χ0) is 21.6. The van der Waals surface area contributed by atoms with Gasteiger partial charge in [-0.25, -0.2) is 0 Å². The molecule has 0 aliphatic heterocycles. The standard InChI is InChI=1S/C21H29ClN4O3/c1-12(2)11-17(18(26-24)19(27)13-7-9-14(22)10-8-13)25-21(29)16-6-4-3-5-15(16)20(23)28/h7-10,12,15-17H,3-6,11,24H2,1-2H3,(H2,23,28)(H,25,29)/t15-,16+,17?/m0/s1. The molecule has 0 saturated heterocycles. The molecule has 1 aliphatic rings. The van der Waals surface area contributed by atoms with Crippen molar-refractivity contribution in [3.63, 3.8) is 0 Å². The Bertz CT molecular complexity index is 777. The summed E-state index contributed by atoms with van der Waals surface area (Å²) in [6.45, 7) is 3.96. The molecule has 0 heterocycles. The molecule has 0 aromatic heterocycles. The number of halogens is 1. The van der Waals surface area contributed by atoms with Crippen molar-refractivity contribution in [2.45, 2.75) is 52.0 Å². The molecule has 1 fully saturated rings. The number of hydrazone groups is 1. The first-order valence-electron chi connectivity index (χ1n) is 9.92. The van der Waals surface area contributed by atoms with Crippen LogP contribution in [0.15, 0.2) is 29.4 Å². The van der Waals surface area contributed by atoms with Gasteiger partial charge in [0.1, 0.15) is 5.71 Å². The van der Waals surface area contributed by atoms with Crippen LogP contribution in [0, 0.1) is 17.8 Å². The highest BCUT2D eigenvalue weighted by atomic mass is 35.5. The number of hydrogen-bond acceptors (Lipinski definition) is 5. The van der Waals surface area contributed by atoms with Crippen LogP contribution in [0.2, 0.25) is 5.02 Å². The molecule has 0 radical (unpaired) electrons. The molecule has 3 atom stereocenters. The van der Waals surface area contributed by atoms with E-state index in [1.165, 1.54) is 0 Å². The Balaban J connectivity index is 2.24. The summed E-state index contributed by atoms with van der Waals surface area (Å²) >= 11 is 5.89. The SMILES string of the molecule is CC(C)CC(NC(=O)[C@@H]1CCCC[C@@H]1C(N)=O)C(=NN)C(=O)c1ccc(Cl)cc1. The quantitative estimate of drug-likeness (QED) is 0.258. The Morgan fingerprint density at radius 2 is 1.72 bits per heavy atom. The summed E-state index contributed by atoms with van der Waals surface area (Å²) in [5.41, 5.74) is 5.96. The zero-order valence-corrected chi connectivity index (χ0v) is 17.6. The van der Waals surface area contributed by atoms with Crippen molar-refractivity contribution in [3.05, 3.63) is 34.9 Å². The highest BCUT2D eigenvalue weighted by Gasteiger charge is 2.36. The number of Topliss-reactive ketones (excluding diaryl/α,β-unsaturated/α-hetero) is 1. The van der Waals surface area contributed by atoms with E-state index in [4.69, 9.17) is 23.2 Å². The van der Waals surface area contributed by atoms with E-state index in [0.717, 1.165) is 12.8 Å². The topological polar surface area (TPSA) is 128 Å². The van der Waals surface area contributed by atoms with E-state index >= 15 is 0 Å². The van der Waals surface area contributed by atoms with Gasteiger partial charge in [0, 0.05) is 22.4 Å². The second-order valence-electron chi connectivity index (χ2n) is 7.94. The summed E-state index contributed by atoms with van der Waals surface area (Å²) in [5, 5.41) is 7.14. The molecular formula is C21H29ClN4O3. The molecule has 2 amide bonds. The Morgan fingerprint density at radius 1 is 1.14 bits per heavy atom. The number of hydrogen-bond donors (Lipinski definition) is 3. The average Bonchev–Trinajstić information content (AvgIpc) is 2.68. The van der Waals surface area contributed by atoms with Crippen LogP contribution >= 0.6 is 11.6 Å². The highest BCUT2D eigenvalue weighted by Crippen LogP contribution is 2.30. The number of primary amides is 1. The van der Waals surface area contributed by atoms with Gasteiger partial charge in [0.15, 0.2) is 0 Å². The van der Waals surface area contributed by atoms with Crippen LogP contribution in [0.4, 0.5) is 0 Å². The molecular weight excluding hydrogens is 392 g/mol. The maximum absolute atomic E-state index is 13.0. The van der Waals surface area contributed by atoms with E-state index in [1.54, 1.807) is 24.3 Å². The zero-order valence-electron chi connectivity index (χ0n) is 16.9. The van der Waals surface area contributed by atoms with Crippen molar-refractivity contribution in [1.82, 2.24) is 5.32 Å². The molecule has 1 saturated carbocycles. The molecule has 158 valence electrons. The Hall–Kier alpha value is -2.41. The Morgan fingerprint density at radius 3 is 2.24 bits per heavy atom. The molecule has 1 aromatic rings. The average molecular weight is 421 g/mol. The van der Waals surface area contributed by atoms with Crippen molar-refractivity contribution in [3.8, 4) is 0 Å². The Labute approximate surface area is 176 Å². The van der Waals surface area contributed by atoms with Crippen molar-refractivity contribution in [2.75, 3.05) is 0 Å². The molecule has 0 spiro atoms. The number of benzene rings is 1. The smallest absolute Gasteiger partial charge is 0.224 e. The van der Waals surface area contributed by atoms with Crippen molar-refractivity contribution in [2.24, 2.45) is 34.4 Å². The molecule has 1 aliphatic carbocycles. The van der Waals surface area contributed by atoms with E-state index in [0.29, 0.717) is 29.8 Å². The van der Waals surface area contributed by atoms with Gasteiger partial charge in [-0.3, -0.25) is 14.4 Å². The van der Waals surface area contributed by atoms with Crippen LogP contribution in [0.25, 0.3) is 0 Å². The monoisotopic (exact) mass is 420 g/mol. The summed E-state index contributed by atoms with van der Waals surface area (Å²) in [6, 6.07) is 5.74. The molecule has 0 bridgehead atoms. The second kappa shape index (κ2) is 10.4. The third-order valence-electron chi connectivity index (χ3n) is 5.30. The lowest BCUT2D eigenvalue weighted by Crippen LogP contribution is -2.50. The first kappa shape index (κ1) is 22.9. The fourth-order valence-corrected chi connectivity index (χ4v) is 3.96. The Kier molecular flexibility index (Phi) is 8.20. The highest BCUT2D eigenvalue weighted by molar-refractivity contribution is 6.48. The predicted molar refractivity (Wildman–Crippen MR) is 113 cm³/mol. The molecule has 1 aromatic carbocycles. The fraction of sp³-hybridized carbons (Fsp3) is 0.524. The van der Waals surface area contributed by atoms with Gasteiger partial charge in [0.05, 0.1) is 6.04 Å². The van der Waals surface area contributed by atoms with E-state index in [2.05, 4.69) is 10.4 Å². The lowest BCUT2D eigenvalue weighted by molar-refractivity contribution is -0.135. The molecule has 1 unspecified atom stereocenters. The van der Waals surface area contributed by atoms with Gasteiger partial charge in [-0.2, -0.15) is 5.10 Å². The number of nitrogens with one attached hydrogen (secondary N) is 1. The van der Waals surface area contributed by atoms with E-state index < -0.39 is 23.8 Å². The third kappa shape index (κ3) is 6.03. The van der Waals surface area contributed by atoms with Gasteiger partial charge in [0.2, 0.25) is 17.6 Å². The first-order valence-corrected chi connectivity index (χ1v) is 10.3. The number of carbonyl (C=O) groups excluding carboxylic acids is 3. The number of amides is 2. The van der Waals surface area contributed by atoms with E-state index in [1.807, 2.05) is 13.8 Å². The third-order valence-corrected chi connectivity index (χ3v) is 5.55. The van der Waals surface area contributed by atoms with Crippen molar-refractivity contribution >= 4 is 34.9 Å². The van der Waals surface area contributed by atoms with Crippen LogP contribution in [0.5, 0.6) is 0 Å². The summed E-state index contributed by atoms with van der Waals surface area (Å²) in [6.07, 6.45) is 3.41. The lowest BCUT2D eigenvalue weighted by atomic mass is 9.78. The van der Waals surface area contributed by atoms with Crippen molar-refractivity contribution < 1.29 is 14.4 Å².